The van der Waals surface area contributed by atoms with E-state index in [1.54, 1.807) is 0 Å². The minimum absolute atomic E-state index is 0.321. The van der Waals surface area contributed by atoms with Crippen molar-refractivity contribution in [1.29, 1.82) is 0 Å². The number of rotatable bonds is 1. The third kappa shape index (κ3) is 2.45. The van der Waals surface area contributed by atoms with Gasteiger partial charge in [0, 0.05) is 30.9 Å². The maximum atomic E-state index is 6.21. The molecule has 1 saturated heterocycles. The fourth-order valence-electron chi connectivity index (χ4n) is 1.96. The Hall–Kier alpha value is -0.280. The fourth-order valence-corrected chi connectivity index (χ4v) is 2.64. The lowest BCUT2D eigenvalue weighted by molar-refractivity contribution is 0.454. The second-order valence-corrected chi connectivity index (χ2v) is 5.47. The first-order chi connectivity index (χ1) is 7.18. The van der Waals surface area contributed by atoms with Gasteiger partial charge >= 0.3 is 0 Å². The van der Waals surface area contributed by atoms with E-state index >= 15 is 0 Å². The molecule has 0 bridgehead atoms. The molecule has 82 valence electrons. The van der Waals surface area contributed by atoms with Crippen LogP contribution in [0.3, 0.4) is 0 Å². The molecule has 1 aliphatic heterocycles. The van der Waals surface area contributed by atoms with Crippen LogP contribution in [0.4, 0.5) is 5.69 Å². The molecule has 2 atom stereocenters. The SMILES string of the molecule is CC1CN(c2ccncc2Br)CCC1Cl. The predicted molar refractivity (Wildman–Crippen MR) is 67.6 cm³/mol. The van der Waals surface area contributed by atoms with Crippen LogP contribution in [0.1, 0.15) is 13.3 Å². The smallest absolute Gasteiger partial charge is 0.0592 e. The van der Waals surface area contributed by atoms with Gasteiger partial charge in [-0.05, 0) is 34.3 Å². The van der Waals surface area contributed by atoms with E-state index in [-0.39, 0.29) is 0 Å². The molecule has 0 amide bonds. The zero-order valence-electron chi connectivity index (χ0n) is 8.66. The average Bonchev–Trinajstić information content (AvgIpc) is 2.23. The highest BCUT2D eigenvalue weighted by molar-refractivity contribution is 9.10. The predicted octanol–water partition coefficient (Wildman–Crippen LogP) is 3.30. The van der Waals surface area contributed by atoms with Crippen LogP contribution in [0.5, 0.6) is 0 Å². The molecule has 0 aromatic carbocycles. The third-order valence-electron chi connectivity index (χ3n) is 2.89. The lowest BCUT2D eigenvalue weighted by Crippen LogP contribution is -2.40. The van der Waals surface area contributed by atoms with Crippen molar-refractivity contribution in [3.63, 3.8) is 0 Å². The molecule has 2 heterocycles. The minimum Gasteiger partial charge on any atom is -0.370 e. The Morgan fingerprint density at radius 1 is 1.60 bits per heavy atom. The Kier molecular flexibility index (Phi) is 3.52. The summed E-state index contributed by atoms with van der Waals surface area (Å²) in [5, 5.41) is 0.321. The molecule has 1 fully saturated rings. The van der Waals surface area contributed by atoms with Crippen molar-refractivity contribution in [2.75, 3.05) is 18.0 Å². The lowest BCUT2D eigenvalue weighted by Gasteiger charge is -2.36. The number of hydrogen-bond acceptors (Lipinski definition) is 2. The number of hydrogen-bond donors (Lipinski definition) is 0. The van der Waals surface area contributed by atoms with Crippen LogP contribution in [0, 0.1) is 5.92 Å². The molecule has 0 saturated carbocycles. The Balaban J connectivity index is 2.15. The molecule has 1 aromatic rings. The van der Waals surface area contributed by atoms with Gasteiger partial charge in [0.1, 0.15) is 0 Å². The molecule has 0 spiro atoms. The van der Waals surface area contributed by atoms with Crippen molar-refractivity contribution >= 4 is 33.2 Å². The van der Waals surface area contributed by atoms with Crippen molar-refractivity contribution in [2.24, 2.45) is 5.92 Å². The topological polar surface area (TPSA) is 16.1 Å². The maximum Gasteiger partial charge on any atom is 0.0592 e. The number of aromatic nitrogens is 1. The van der Waals surface area contributed by atoms with Gasteiger partial charge in [0.05, 0.1) is 10.2 Å². The highest BCUT2D eigenvalue weighted by Crippen LogP contribution is 2.30. The zero-order chi connectivity index (χ0) is 10.8. The summed E-state index contributed by atoms with van der Waals surface area (Å²) < 4.78 is 1.06. The first-order valence-electron chi connectivity index (χ1n) is 5.17. The summed E-state index contributed by atoms with van der Waals surface area (Å²) in [7, 11) is 0. The molecular weight excluding hydrogens is 275 g/mol. The maximum absolute atomic E-state index is 6.21. The fraction of sp³-hybridized carbons (Fsp3) is 0.545. The molecule has 2 nitrogen and oxygen atoms in total. The second kappa shape index (κ2) is 4.71. The second-order valence-electron chi connectivity index (χ2n) is 4.06. The normalized spacial score (nSPS) is 26.7. The first kappa shape index (κ1) is 11.2. The number of pyridine rings is 1. The van der Waals surface area contributed by atoms with E-state index in [4.69, 9.17) is 11.6 Å². The standard InChI is InChI=1S/C11H14BrClN2/c1-8-7-15(5-3-10(8)13)11-2-4-14-6-9(11)12/h2,4,6,8,10H,3,5,7H2,1H3. The number of alkyl halides is 1. The van der Waals surface area contributed by atoms with Crippen molar-refractivity contribution in [2.45, 2.75) is 18.7 Å². The third-order valence-corrected chi connectivity index (χ3v) is 4.15. The van der Waals surface area contributed by atoms with E-state index in [2.05, 4.69) is 32.7 Å². The van der Waals surface area contributed by atoms with Crippen LogP contribution in [-0.4, -0.2) is 23.5 Å². The summed E-state index contributed by atoms with van der Waals surface area (Å²) >= 11 is 9.74. The van der Waals surface area contributed by atoms with Crippen molar-refractivity contribution in [1.82, 2.24) is 4.98 Å². The monoisotopic (exact) mass is 288 g/mol. The molecule has 0 radical (unpaired) electrons. The summed E-state index contributed by atoms with van der Waals surface area (Å²) in [5.41, 5.74) is 1.22. The summed E-state index contributed by atoms with van der Waals surface area (Å²) in [5.74, 6) is 0.542. The molecule has 0 aliphatic carbocycles. The average molecular weight is 290 g/mol. The lowest BCUT2D eigenvalue weighted by atomic mass is 9.99. The van der Waals surface area contributed by atoms with E-state index in [0.717, 1.165) is 24.0 Å². The number of piperidine rings is 1. The molecular formula is C11H14BrClN2. The van der Waals surface area contributed by atoms with E-state index in [1.165, 1.54) is 5.69 Å². The highest BCUT2D eigenvalue weighted by Gasteiger charge is 2.25. The van der Waals surface area contributed by atoms with Gasteiger partial charge in [-0.15, -0.1) is 11.6 Å². The van der Waals surface area contributed by atoms with E-state index < -0.39 is 0 Å². The van der Waals surface area contributed by atoms with E-state index in [9.17, 15) is 0 Å². The molecule has 2 rings (SSSR count). The Morgan fingerprint density at radius 3 is 3.07 bits per heavy atom. The molecule has 15 heavy (non-hydrogen) atoms. The molecule has 1 aliphatic rings. The van der Waals surface area contributed by atoms with Crippen molar-refractivity contribution in [3.05, 3.63) is 22.9 Å². The molecule has 1 aromatic heterocycles. The van der Waals surface area contributed by atoms with Crippen LogP contribution in [-0.2, 0) is 0 Å². The summed E-state index contributed by atoms with van der Waals surface area (Å²) in [4.78, 5) is 6.44. The van der Waals surface area contributed by atoms with Gasteiger partial charge in [-0.1, -0.05) is 6.92 Å². The number of nitrogens with zero attached hydrogens (tertiary/aromatic N) is 2. The van der Waals surface area contributed by atoms with Crippen molar-refractivity contribution in [3.8, 4) is 0 Å². The number of anilines is 1. The van der Waals surface area contributed by atoms with Crippen LogP contribution in [0.15, 0.2) is 22.9 Å². The van der Waals surface area contributed by atoms with Crippen LogP contribution in [0.25, 0.3) is 0 Å². The van der Waals surface area contributed by atoms with Crippen LogP contribution < -0.4 is 4.90 Å². The quantitative estimate of drug-likeness (QED) is 0.738. The minimum atomic E-state index is 0.321. The molecule has 4 heteroatoms. The Bertz CT molecular complexity index is 345. The van der Waals surface area contributed by atoms with Gasteiger partial charge < -0.3 is 4.90 Å². The number of halogens is 2. The molecule has 2 unspecified atom stereocenters. The summed E-state index contributed by atoms with van der Waals surface area (Å²) in [6.07, 6.45) is 4.72. The van der Waals surface area contributed by atoms with Gasteiger partial charge in [0.2, 0.25) is 0 Å². The first-order valence-corrected chi connectivity index (χ1v) is 6.40. The van der Waals surface area contributed by atoms with Crippen LogP contribution in [0.2, 0.25) is 0 Å². The van der Waals surface area contributed by atoms with E-state index in [1.807, 2.05) is 18.5 Å². The highest BCUT2D eigenvalue weighted by atomic mass is 79.9. The summed E-state index contributed by atoms with van der Waals surface area (Å²) in [6, 6.07) is 2.05. The zero-order valence-corrected chi connectivity index (χ0v) is 11.0. The Morgan fingerprint density at radius 2 is 2.40 bits per heavy atom. The largest absolute Gasteiger partial charge is 0.370 e. The van der Waals surface area contributed by atoms with Crippen LogP contribution >= 0.6 is 27.5 Å². The van der Waals surface area contributed by atoms with Gasteiger partial charge in [0.15, 0.2) is 0 Å². The Labute approximate surface area is 104 Å². The van der Waals surface area contributed by atoms with Gasteiger partial charge in [-0.25, -0.2) is 0 Å². The molecule has 0 N–H and O–H groups in total. The van der Waals surface area contributed by atoms with Crippen molar-refractivity contribution < 1.29 is 0 Å². The van der Waals surface area contributed by atoms with Gasteiger partial charge in [0.25, 0.3) is 0 Å². The van der Waals surface area contributed by atoms with Gasteiger partial charge in [-0.2, -0.15) is 0 Å². The van der Waals surface area contributed by atoms with E-state index in [0.29, 0.717) is 11.3 Å². The van der Waals surface area contributed by atoms with Gasteiger partial charge in [-0.3, -0.25) is 4.98 Å². The summed E-state index contributed by atoms with van der Waals surface area (Å²) in [6.45, 7) is 4.26.